The lowest BCUT2D eigenvalue weighted by molar-refractivity contribution is -0.122. The van der Waals surface area contributed by atoms with E-state index in [2.05, 4.69) is 22.3 Å². The Balaban J connectivity index is 1.71. The Morgan fingerprint density at radius 1 is 1.09 bits per heavy atom. The maximum Gasteiger partial charge on any atom is 0.244 e. The first-order chi connectivity index (χ1) is 15.7. The fourth-order valence-electron chi connectivity index (χ4n) is 4.09. The van der Waals surface area contributed by atoms with Gasteiger partial charge in [-0.25, -0.2) is 8.42 Å². The van der Waals surface area contributed by atoms with Crippen molar-refractivity contribution in [1.29, 1.82) is 0 Å². The van der Waals surface area contributed by atoms with Gasteiger partial charge in [0.2, 0.25) is 15.9 Å². The van der Waals surface area contributed by atoms with Gasteiger partial charge in [-0.1, -0.05) is 37.3 Å². The number of aryl methyl sites for hydroxylation is 2. The number of nitrogens with one attached hydrogen (secondary N) is 1. The number of carbonyl (C=O) groups is 1. The molecule has 33 heavy (non-hydrogen) atoms. The van der Waals surface area contributed by atoms with Crippen molar-refractivity contribution < 1.29 is 17.9 Å². The van der Waals surface area contributed by atoms with Gasteiger partial charge in [0.05, 0.1) is 25.2 Å². The van der Waals surface area contributed by atoms with E-state index in [9.17, 15) is 13.2 Å². The molecule has 1 N–H and O–H groups in total. The lowest BCUT2D eigenvalue weighted by Gasteiger charge is -2.30. The van der Waals surface area contributed by atoms with Crippen LogP contribution in [-0.2, 0) is 32.6 Å². The Labute approximate surface area is 197 Å². The maximum atomic E-state index is 13.1. The van der Waals surface area contributed by atoms with E-state index in [1.54, 1.807) is 6.07 Å². The molecule has 0 bridgehead atoms. The molecular formula is C25H35N3O4S. The number of hydrogen-bond donors (Lipinski definition) is 1. The molecule has 1 saturated heterocycles. The van der Waals surface area contributed by atoms with Crippen LogP contribution < -0.4 is 9.62 Å². The van der Waals surface area contributed by atoms with Gasteiger partial charge in [-0.3, -0.25) is 14.0 Å². The summed E-state index contributed by atoms with van der Waals surface area (Å²) in [5.41, 5.74) is 4.73. The van der Waals surface area contributed by atoms with Crippen molar-refractivity contribution >= 4 is 21.6 Å². The summed E-state index contributed by atoms with van der Waals surface area (Å²) in [5.74, 6) is -0.306. The molecule has 0 aromatic heterocycles. The number of rotatable bonds is 9. The van der Waals surface area contributed by atoms with Crippen molar-refractivity contribution in [1.82, 2.24) is 10.2 Å². The first-order valence-corrected chi connectivity index (χ1v) is 13.3. The van der Waals surface area contributed by atoms with E-state index in [1.165, 1.54) is 9.87 Å². The van der Waals surface area contributed by atoms with E-state index < -0.39 is 16.1 Å². The van der Waals surface area contributed by atoms with Gasteiger partial charge < -0.3 is 10.1 Å². The quantitative estimate of drug-likeness (QED) is 0.606. The number of morpholine rings is 1. The lowest BCUT2D eigenvalue weighted by atomic mass is 10.1. The molecule has 1 fully saturated rings. The van der Waals surface area contributed by atoms with E-state index >= 15 is 0 Å². The summed E-state index contributed by atoms with van der Waals surface area (Å²) >= 11 is 0. The van der Waals surface area contributed by atoms with Crippen molar-refractivity contribution in [2.75, 3.05) is 36.9 Å². The topological polar surface area (TPSA) is 79.0 Å². The van der Waals surface area contributed by atoms with Crippen LogP contribution in [0.15, 0.2) is 42.5 Å². The van der Waals surface area contributed by atoms with Crippen LogP contribution >= 0.6 is 0 Å². The SMILES string of the molecule is CC[C@H](C(=O)NCc1cccc(CN2CCOCC2)c1)N(c1ccc(C)c(C)c1)S(C)(=O)=O. The fourth-order valence-corrected chi connectivity index (χ4v) is 5.29. The molecule has 2 aromatic rings. The zero-order chi connectivity index (χ0) is 24.0. The van der Waals surface area contributed by atoms with Gasteiger partial charge in [0.15, 0.2) is 0 Å². The molecule has 0 spiro atoms. The third-order valence-electron chi connectivity index (χ3n) is 6.04. The van der Waals surface area contributed by atoms with Crippen LogP contribution in [-0.4, -0.2) is 57.8 Å². The van der Waals surface area contributed by atoms with E-state index in [0.29, 0.717) is 18.7 Å². The van der Waals surface area contributed by atoms with Crippen molar-refractivity contribution in [2.45, 2.75) is 46.3 Å². The molecule has 0 aliphatic carbocycles. The Hall–Kier alpha value is -2.42. The molecule has 2 aromatic carbocycles. The highest BCUT2D eigenvalue weighted by atomic mass is 32.2. The predicted octanol–water partition coefficient (Wildman–Crippen LogP) is 3.00. The molecule has 1 amide bonds. The minimum absolute atomic E-state index is 0.306. The Morgan fingerprint density at radius 2 is 1.79 bits per heavy atom. The van der Waals surface area contributed by atoms with E-state index in [-0.39, 0.29) is 5.91 Å². The molecular weight excluding hydrogens is 438 g/mol. The molecule has 3 rings (SSSR count). The summed E-state index contributed by atoms with van der Waals surface area (Å²) in [6, 6.07) is 12.8. The molecule has 0 saturated carbocycles. The molecule has 1 atom stereocenters. The van der Waals surface area contributed by atoms with E-state index in [0.717, 1.165) is 55.8 Å². The third-order valence-corrected chi connectivity index (χ3v) is 7.22. The second-order valence-corrected chi connectivity index (χ2v) is 10.5. The standard InChI is InChI=1S/C25H35N3O4S/c1-5-24(28(33(4,30)31)23-10-9-19(2)20(3)15-23)25(29)26-17-21-7-6-8-22(16-21)18-27-11-13-32-14-12-27/h6-10,15-16,24H,5,11-14,17-18H2,1-4H3,(H,26,29)/t24-/m1/s1. The first-order valence-electron chi connectivity index (χ1n) is 11.4. The normalized spacial score (nSPS) is 15.8. The Kier molecular flexibility index (Phi) is 8.51. The minimum Gasteiger partial charge on any atom is -0.379 e. The molecule has 1 aliphatic rings. The zero-order valence-electron chi connectivity index (χ0n) is 20.0. The molecule has 8 heteroatoms. The molecule has 180 valence electrons. The van der Waals surface area contributed by atoms with Gasteiger partial charge in [0, 0.05) is 26.2 Å². The lowest BCUT2D eigenvalue weighted by Crippen LogP contribution is -2.49. The average Bonchev–Trinajstić information content (AvgIpc) is 2.78. The average molecular weight is 474 g/mol. The first kappa shape index (κ1) is 25.2. The van der Waals surface area contributed by atoms with Gasteiger partial charge >= 0.3 is 0 Å². The summed E-state index contributed by atoms with van der Waals surface area (Å²) in [6.45, 7) is 10.3. The summed E-state index contributed by atoms with van der Waals surface area (Å²) < 4.78 is 32.0. The highest BCUT2D eigenvalue weighted by Gasteiger charge is 2.31. The molecule has 7 nitrogen and oxygen atoms in total. The van der Waals surface area contributed by atoms with Crippen LogP contribution in [0.3, 0.4) is 0 Å². The monoisotopic (exact) mass is 473 g/mol. The molecule has 0 unspecified atom stereocenters. The number of anilines is 1. The van der Waals surface area contributed by atoms with Crippen molar-refractivity contribution in [3.63, 3.8) is 0 Å². The maximum absolute atomic E-state index is 13.1. The van der Waals surface area contributed by atoms with Crippen LogP contribution in [0.2, 0.25) is 0 Å². The van der Waals surface area contributed by atoms with Crippen molar-refractivity contribution in [2.24, 2.45) is 0 Å². The molecule has 1 aliphatic heterocycles. The van der Waals surface area contributed by atoms with Crippen LogP contribution in [0.4, 0.5) is 5.69 Å². The molecule has 0 radical (unpaired) electrons. The van der Waals surface area contributed by atoms with Gasteiger partial charge in [-0.05, 0) is 54.7 Å². The number of sulfonamides is 1. The third kappa shape index (κ3) is 6.79. The summed E-state index contributed by atoms with van der Waals surface area (Å²) in [7, 11) is -3.65. The van der Waals surface area contributed by atoms with Crippen LogP contribution in [0, 0.1) is 13.8 Å². The van der Waals surface area contributed by atoms with Crippen molar-refractivity contribution in [3.05, 3.63) is 64.7 Å². The van der Waals surface area contributed by atoms with E-state index in [1.807, 2.05) is 45.0 Å². The van der Waals surface area contributed by atoms with Crippen LogP contribution in [0.1, 0.15) is 35.6 Å². The van der Waals surface area contributed by atoms with Gasteiger partial charge in [-0.2, -0.15) is 0 Å². The van der Waals surface area contributed by atoms with Gasteiger partial charge in [0.1, 0.15) is 6.04 Å². The highest BCUT2D eigenvalue weighted by Crippen LogP contribution is 2.25. The van der Waals surface area contributed by atoms with E-state index in [4.69, 9.17) is 4.74 Å². The number of nitrogens with zero attached hydrogens (tertiary/aromatic N) is 2. The van der Waals surface area contributed by atoms with Gasteiger partial charge in [0.25, 0.3) is 0 Å². The number of amides is 1. The largest absolute Gasteiger partial charge is 0.379 e. The van der Waals surface area contributed by atoms with Crippen LogP contribution in [0.25, 0.3) is 0 Å². The van der Waals surface area contributed by atoms with Crippen molar-refractivity contribution in [3.8, 4) is 0 Å². The number of carbonyl (C=O) groups excluding carboxylic acids is 1. The smallest absolute Gasteiger partial charge is 0.244 e. The number of benzene rings is 2. The summed E-state index contributed by atoms with van der Waals surface area (Å²) in [6.07, 6.45) is 1.51. The number of hydrogen-bond acceptors (Lipinski definition) is 5. The second kappa shape index (κ2) is 11.1. The van der Waals surface area contributed by atoms with Crippen LogP contribution in [0.5, 0.6) is 0 Å². The second-order valence-electron chi connectivity index (χ2n) is 8.68. The number of ether oxygens (including phenoxy) is 1. The Morgan fingerprint density at radius 3 is 2.42 bits per heavy atom. The Bertz CT molecular complexity index is 1070. The fraction of sp³-hybridized carbons (Fsp3) is 0.480. The minimum atomic E-state index is -3.65. The molecule has 1 heterocycles. The highest BCUT2D eigenvalue weighted by molar-refractivity contribution is 7.92. The summed E-state index contributed by atoms with van der Waals surface area (Å²) in [5, 5.41) is 2.95. The van der Waals surface area contributed by atoms with Gasteiger partial charge in [-0.15, -0.1) is 0 Å². The zero-order valence-corrected chi connectivity index (χ0v) is 20.8. The predicted molar refractivity (Wildman–Crippen MR) is 132 cm³/mol. The summed E-state index contributed by atoms with van der Waals surface area (Å²) in [4.78, 5) is 15.5.